The molecule has 0 aromatic heterocycles. The molecule has 32 valence electrons. The molecule has 0 spiro atoms. The van der Waals surface area contributed by atoms with Crippen LogP contribution in [0, 0.1) is 0 Å². The van der Waals surface area contributed by atoms with Crippen LogP contribution >= 0.6 is 0 Å². The summed E-state index contributed by atoms with van der Waals surface area (Å²) in [5.74, 6) is 0. The first kappa shape index (κ1) is 9.12. The van der Waals surface area contributed by atoms with Crippen LogP contribution in [0.1, 0.15) is 0 Å². The molecule has 5 heavy (non-hydrogen) atoms. The Kier molecular flexibility index (Phi) is 8.30. The van der Waals surface area contributed by atoms with Crippen molar-refractivity contribution >= 4 is 27.4 Å². The molecule has 0 fully saturated rings. The monoisotopic (exact) mass is 162 g/mol. The third-order valence-corrected chi connectivity index (χ3v) is 0. The van der Waals surface area contributed by atoms with Gasteiger partial charge in [0.15, 0.2) is 0 Å². The van der Waals surface area contributed by atoms with Gasteiger partial charge in [-0.15, -0.1) is 0 Å². The molecular weight excluding hydrogens is 158 g/mol. The molecule has 0 saturated carbocycles. The zero-order chi connectivity index (χ0) is 3.58. The first-order valence-electron chi connectivity index (χ1n) is 0.567. The Morgan fingerprint density at radius 3 is 1.00 bits per heavy atom. The average molecular weight is 161 g/mol. The standard InChI is InChI=1S/F3Si.GeH3/c1-4(2)3;/h;1H3. The molecule has 0 aliphatic carbocycles. The second kappa shape index (κ2) is 4.55. The van der Waals surface area contributed by atoms with Gasteiger partial charge in [-0.3, -0.25) is 0 Å². The number of hydrogen-bond donors (Lipinski definition) is 0. The Morgan fingerprint density at radius 1 is 1.00 bits per heavy atom. The van der Waals surface area contributed by atoms with E-state index >= 15 is 0 Å². The van der Waals surface area contributed by atoms with Gasteiger partial charge in [0.1, 0.15) is 0 Å². The minimum absolute atomic E-state index is 0. The van der Waals surface area contributed by atoms with Crippen molar-refractivity contribution in [3.8, 4) is 0 Å². The Balaban J connectivity index is 0. The summed E-state index contributed by atoms with van der Waals surface area (Å²) in [6.07, 6.45) is 0. The maximum absolute atomic E-state index is 9.77. The van der Waals surface area contributed by atoms with Crippen LogP contribution in [-0.4, -0.2) is 27.4 Å². The predicted molar refractivity (Wildman–Crippen MR) is 19.0 cm³/mol. The van der Waals surface area contributed by atoms with E-state index in [-0.39, 0.29) is 17.6 Å². The number of hydrogen-bond acceptors (Lipinski definition) is 0. The second-order valence-corrected chi connectivity index (χ2v) is 0.643. The summed E-state index contributed by atoms with van der Waals surface area (Å²) >= 11 is 0. The van der Waals surface area contributed by atoms with E-state index in [0.29, 0.717) is 0 Å². The Labute approximate surface area is 40.5 Å². The normalized spacial score (nSPS) is 7.20. The minimum atomic E-state index is -4.38. The van der Waals surface area contributed by atoms with Gasteiger partial charge in [0.25, 0.3) is 0 Å². The van der Waals surface area contributed by atoms with E-state index in [4.69, 9.17) is 0 Å². The van der Waals surface area contributed by atoms with Crippen LogP contribution in [0.3, 0.4) is 0 Å². The van der Waals surface area contributed by atoms with Gasteiger partial charge in [0, 0.05) is 0 Å². The molecule has 0 aliphatic rings. The van der Waals surface area contributed by atoms with Gasteiger partial charge >= 0.3 is 27.4 Å². The quantitative estimate of drug-likeness (QED) is 0.337. The summed E-state index contributed by atoms with van der Waals surface area (Å²) < 4.78 is 29.3. The molecule has 0 aromatic rings. The van der Waals surface area contributed by atoms with Crippen molar-refractivity contribution in [3.63, 3.8) is 0 Å². The molecule has 0 N–H and O–H groups in total. The Morgan fingerprint density at radius 2 is 1.00 bits per heavy atom. The Hall–Kier alpha value is 0.550. The van der Waals surface area contributed by atoms with Gasteiger partial charge in [-0.25, -0.2) is 12.3 Å². The van der Waals surface area contributed by atoms with Crippen molar-refractivity contribution in [2.75, 3.05) is 0 Å². The van der Waals surface area contributed by atoms with Gasteiger partial charge < -0.3 is 0 Å². The Bertz CT molecular complexity index is 11.6. The van der Waals surface area contributed by atoms with Crippen molar-refractivity contribution in [3.05, 3.63) is 0 Å². The van der Waals surface area contributed by atoms with E-state index in [2.05, 4.69) is 0 Å². The molecule has 0 aliphatic heterocycles. The molecule has 0 bridgehead atoms. The van der Waals surface area contributed by atoms with Gasteiger partial charge in [0.2, 0.25) is 0 Å². The number of halogens is 3. The topological polar surface area (TPSA) is 0 Å². The van der Waals surface area contributed by atoms with E-state index in [1.165, 1.54) is 0 Å². The average Bonchev–Trinajstić information content (AvgIpc) is 0.811. The van der Waals surface area contributed by atoms with Crippen LogP contribution in [0.2, 0.25) is 0 Å². The first-order valence-corrected chi connectivity index (χ1v) is 1.70. The van der Waals surface area contributed by atoms with Crippen LogP contribution in [0.5, 0.6) is 0 Å². The molecular formula is H3F3GeSi. The van der Waals surface area contributed by atoms with E-state index in [9.17, 15) is 12.3 Å². The maximum atomic E-state index is 9.77. The zero-order valence-electron chi connectivity index (χ0n) is 2.63. The second-order valence-electron chi connectivity index (χ2n) is 0.214. The SMILES string of the molecule is F[Si](F)F.[GeH3]. The third-order valence-electron chi connectivity index (χ3n) is 0. The summed E-state index contributed by atoms with van der Waals surface area (Å²) in [6.45, 7) is 0. The molecule has 0 atom stereocenters. The molecule has 0 amide bonds. The molecule has 5 heteroatoms. The van der Waals surface area contributed by atoms with Gasteiger partial charge in [-0.1, -0.05) is 0 Å². The van der Waals surface area contributed by atoms with E-state index in [0.717, 1.165) is 0 Å². The van der Waals surface area contributed by atoms with Gasteiger partial charge in [0.05, 0.1) is 0 Å². The van der Waals surface area contributed by atoms with Crippen molar-refractivity contribution in [2.24, 2.45) is 0 Å². The van der Waals surface area contributed by atoms with Crippen LogP contribution in [0.4, 0.5) is 12.3 Å². The first-order chi connectivity index (χ1) is 1.73. The fraction of sp³-hybridized carbons (Fsp3) is 0. The van der Waals surface area contributed by atoms with E-state index in [1.54, 1.807) is 0 Å². The zero-order valence-corrected chi connectivity index (χ0v) is 7.83. The molecule has 0 nitrogen and oxygen atoms in total. The van der Waals surface area contributed by atoms with Gasteiger partial charge in [-0.05, 0) is 0 Å². The van der Waals surface area contributed by atoms with Crippen LogP contribution < -0.4 is 0 Å². The van der Waals surface area contributed by atoms with Crippen LogP contribution in [0.15, 0.2) is 0 Å². The van der Waals surface area contributed by atoms with Gasteiger partial charge in [-0.2, -0.15) is 0 Å². The molecule has 0 heterocycles. The fourth-order valence-corrected chi connectivity index (χ4v) is 0. The van der Waals surface area contributed by atoms with Crippen molar-refractivity contribution in [1.29, 1.82) is 0 Å². The summed E-state index contributed by atoms with van der Waals surface area (Å²) in [6, 6.07) is 0. The van der Waals surface area contributed by atoms with Crippen molar-refractivity contribution in [2.45, 2.75) is 0 Å². The van der Waals surface area contributed by atoms with E-state index in [1.807, 2.05) is 0 Å². The molecule has 0 saturated heterocycles. The third kappa shape index (κ3) is 97.9. The molecule has 0 rings (SSSR count). The molecule has 0 aromatic carbocycles. The summed E-state index contributed by atoms with van der Waals surface area (Å²) in [5.41, 5.74) is 0. The van der Waals surface area contributed by atoms with Crippen LogP contribution in [0.25, 0.3) is 0 Å². The summed E-state index contributed by atoms with van der Waals surface area (Å²) in [7, 11) is -4.38. The molecule has 2 radical (unpaired) electrons. The number of rotatable bonds is 0. The van der Waals surface area contributed by atoms with Crippen LogP contribution in [-0.2, 0) is 0 Å². The van der Waals surface area contributed by atoms with Crippen molar-refractivity contribution < 1.29 is 12.3 Å². The molecule has 0 unspecified atom stereocenters. The predicted octanol–water partition coefficient (Wildman–Crippen LogP) is -0.304. The van der Waals surface area contributed by atoms with Crippen molar-refractivity contribution in [1.82, 2.24) is 0 Å². The van der Waals surface area contributed by atoms with E-state index < -0.39 is 9.80 Å². The summed E-state index contributed by atoms with van der Waals surface area (Å²) in [5, 5.41) is 0. The fourth-order valence-electron chi connectivity index (χ4n) is 0. The summed E-state index contributed by atoms with van der Waals surface area (Å²) in [4.78, 5) is 0.